The van der Waals surface area contributed by atoms with E-state index in [9.17, 15) is 9.59 Å². The van der Waals surface area contributed by atoms with Crippen LogP contribution in [0.4, 0.5) is 16.2 Å². The van der Waals surface area contributed by atoms with Crippen LogP contribution in [0, 0.1) is 5.92 Å². The molecule has 2 aromatic carbocycles. The summed E-state index contributed by atoms with van der Waals surface area (Å²) < 4.78 is 0. The second kappa shape index (κ2) is 7.82. The largest absolute Gasteiger partial charge is 0.338 e. The molecule has 27 heavy (non-hydrogen) atoms. The first-order valence-corrected chi connectivity index (χ1v) is 9.74. The van der Waals surface area contributed by atoms with Gasteiger partial charge in [-0.25, -0.2) is 4.79 Å². The molecule has 5 heteroatoms. The van der Waals surface area contributed by atoms with Crippen LogP contribution >= 0.6 is 0 Å². The van der Waals surface area contributed by atoms with Crippen molar-refractivity contribution in [2.24, 2.45) is 5.92 Å². The lowest BCUT2D eigenvalue weighted by Crippen LogP contribution is -2.31. The molecule has 1 aliphatic carbocycles. The zero-order valence-corrected chi connectivity index (χ0v) is 15.4. The average Bonchev–Trinajstić information content (AvgIpc) is 3.45. The van der Waals surface area contributed by atoms with Crippen molar-refractivity contribution in [2.75, 3.05) is 23.3 Å². The van der Waals surface area contributed by atoms with Crippen molar-refractivity contribution in [3.05, 3.63) is 59.7 Å². The summed E-state index contributed by atoms with van der Waals surface area (Å²) in [5, 5.41) is 5.79. The fraction of sp³-hybridized carbons (Fsp3) is 0.364. The highest BCUT2D eigenvalue weighted by atomic mass is 16.2. The number of fused-ring (bicyclic) bond motifs is 1. The van der Waals surface area contributed by atoms with Gasteiger partial charge in [0.15, 0.2) is 0 Å². The van der Waals surface area contributed by atoms with Gasteiger partial charge in [0.05, 0.1) is 0 Å². The fourth-order valence-electron chi connectivity index (χ4n) is 3.55. The highest BCUT2D eigenvalue weighted by Gasteiger charge is 2.36. The van der Waals surface area contributed by atoms with E-state index in [2.05, 4.69) is 22.8 Å². The lowest BCUT2D eigenvalue weighted by Gasteiger charge is -2.18. The molecule has 0 bridgehead atoms. The van der Waals surface area contributed by atoms with Crippen LogP contribution in [-0.2, 0) is 17.6 Å². The predicted molar refractivity (Wildman–Crippen MR) is 107 cm³/mol. The van der Waals surface area contributed by atoms with Gasteiger partial charge in [-0.1, -0.05) is 36.4 Å². The Morgan fingerprint density at radius 1 is 1.07 bits per heavy atom. The van der Waals surface area contributed by atoms with Crippen LogP contribution in [0.1, 0.15) is 30.4 Å². The minimum Gasteiger partial charge on any atom is -0.338 e. The second-order valence-corrected chi connectivity index (χ2v) is 7.33. The second-order valence-electron chi connectivity index (χ2n) is 7.33. The van der Waals surface area contributed by atoms with E-state index in [0.29, 0.717) is 6.54 Å². The number of nitrogens with one attached hydrogen (secondary N) is 2. The Hall–Kier alpha value is -2.82. The highest BCUT2D eigenvalue weighted by Crippen LogP contribution is 2.37. The van der Waals surface area contributed by atoms with Crippen LogP contribution < -0.4 is 15.5 Å². The summed E-state index contributed by atoms with van der Waals surface area (Å²) >= 11 is 0. The van der Waals surface area contributed by atoms with Crippen LogP contribution in [0.25, 0.3) is 0 Å². The fourth-order valence-corrected chi connectivity index (χ4v) is 3.55. The minimum atomic E-state index is -0.207. The summed E-state index contributed by atoms with van der Waals surface area (Å²) in [4.78, 5) is 26.5. The third kappa shape index (κ3) is 4.30. The molecule has 0 aromatic heterocycles. The third-order valence-corrected chi connectivity index (χ3v) is 5.20. The minimum absolute atomic E-state index is 0.207. The van der Waals surface area contributed by atoms with Gasteiger partial charge in [-0.15, -0.1) is 0 Å². The van der Waals surface area contributed by atoms with Gasteiger partial charge in [0, 0.05) is 30.4 Å². The molecule has 0 saturated heterocycles. The number of carbonyl (C=O) groups excluding carboxylic acids is 2. The van der Waals surface area contributed by atoms with Crippen molar-refractivity contribution in [2.45, 2.75) is 32.1 Å². The molecular formula is C22H25N3O2. The molecular weight excluding hydrogens is 338 g/mol. The maximum absolute atomic E-state index is 12.4. The predicted octanol–water partition coefficient (Wildman–Crippen LogP) is 3.74. The van der Waals surface area contributed by atoms with Gasteiger partial charge in [-0.05, 0) is 55.4 Å². The molecule has 1 aliphatic heterocycles. The van der Waals surface area contributed by atoms with Crippen LogP contribution in [-0.4, -0.2) is 25.0 Å². The maximum atomic E-state index is 12.4. The summed E-state index contributed by atoms with van der Waals surface area (Å²) in [6.45, 7) is 1.37. The maximum Gasteiger partial charge on any atom is 0.319 e. The summed E-state index contributed by atoms with van der Waals surface area (Å²) in [5.74, 6) is 0.441. The number of carbonyl (C=O) groups is 2. The molecule has 0 radical (unpaired) electrons. The van der Waals surface area contributed by atoms with Crippen molar-refractivity contribution in [1.29, 1.82) is 0 Å². The van der Waals surface area contributed by atoms with Gasteiger partial charge in [-0.2, -0.15) is 0 Å². The Morgan fingerprint density at radius 3 is 2.67 bits per heavy atom. The van der Waals surface area contributed by atoms with E-state index in [-0.39, 0.29) is 17.9 Å². The first-order chi connectivity index (χ1) is 13.2. The summed E-state index contributed by atoms with van der Waals surface area (Å²) in [6, 6.07) is 15.9. The molecule has 2 aliphatic rings. The van der Waals surface area contributed by atoms with E-state index in [1.165, 1.54) is 11.1 Å². The first-order valence-electron chi connectivity index (χ1n) is 9.74. The summed E-state index contributed by atoms with van der Waals surface area (Å²) in [7, 11) is 0. The summed E-state index contributed by atoms with van der Waals surface area (Å²) in [6.07, 6.45) is 4.74. The van der Waals surface area contributed by atoms with Crippen LogP contribution in [0.5, 0.6) is 0 Å². The lowest BCUT2D eigenvalue weighted by molar-refractivity contribution is -0.119. The van der Waals surface area contributed by atoms with Gasteiger partial charge in [-0.3, -0.25) is 4.79 Å². The number of rotatable bonds is 6. The molecule has 1 fully saturated rings. The van der Waals surface area contributed by atoms with Crippen molar-refractivity contribution in [3.63, 3.8) is 0 Å². The first kappa shape index (κ1) is 17.6. The molecule has 2 aromatic rings. The van der Waals surface area contributed by atoms with Crippen molar-refractivity contribution in [3.8, 4) is 0 Å². The molecule has 140 valence electrons. The van der Waals surface area contributed by atoms with E-state index in [4.69, 9.17) is 0 Å². The molecule has 4 rings (SSSR count). The average molecular weight is 363 g/mol. The Bertz CT molecular complexity index is 831. The molecule has 1 heterocycles. The Kier molecular flexibility index (Phi) is 5.10. The van der Waals surface area contributed by atoms with Crippen molar-refractivity contribution in [1.82, 2.24) is 5.32 Å². The smallest absolute Gasteiger partial charge is 0.319 e. The normalized spacial score (nSPS) is 15.3. The van der Waals surface area contributed by atoms with Crippen LogP contribution in [0.2, 0.25) is 0 Å². The lowest BCUT2D eigenvalue weighted by atomic mass is 10.1. The SMILES string of the molecule is O=C(NCCCc1ccccc1)Nc1ccc2c(c1)N(C(=O)C1CC1)CC2. The van der Waals surface area contributed by atoms with Crippen molar-refractivity contribution >= 4 is 23.3 Å². The Labute approximate surface area is 159 Å². The van der Waals surface area contributed by atoms with Crippen molar-refractivity contribution < 1.29 is 9.59 Å². The van der Waals surface area contributed by atoms with E-state index >= 15 is 0 Å². The third-order valence-electron chi connectivity index (χ3n) is 5.20. The topological polar surface area (TPSA) is 61.4 Å². The molecule has 5 nitrogen and oxygen atoms in total. The number of anilines is 2. The number of benzene rings is 2. The molecule has 3 amide bonds. The molecule has 1 saturated carbocycles. The Morgan fingerprint density at radius 2 is 1.89 bits per heavy atom. The van der Waals surface area contributed by atoms with Gasteiger partial charge < -0.3 is 15.5 Å². The van der Waals surface area contributed by atoms with E-state index in [1.54, 1.807) is 0 Å². The van der Waals surface area contributed by atoms with E-state index < -0.39 is 0 Å². The molecule has 0 spiro atoms. The molecule has 2 N–H and O–H groups in total. The standard InChI is InChI=1S/C22H25N3O2/c26-21(18-8-9-18)25-14-12-17-10-11-19(15-20(17)25)24-22(27)23-13-4-7-16-5-2-1-3-6-16/h1-3,5-6,10-11,15,18H,4,7-9,12-14H2,(H2,23,24,27). The monoisotopic (exact) mass is 363 g/mol. The van der Waals surface area contributed by atoms with Gasteiger partial charge >= 0.3 is 6.03 Å². The highest BCUT2D eigenvalue weighted by molar-refractivity contribution is 5.99. The number of amides is 3. The zero-order chi connectivity index (χ0) is 18.6. The van der Waals surface area contributed by atoms with Gasteiger partial charge in [0.2, 0.25) is 5.91 Å². The zero-order valence-electron chi connectivity index (χ0n) is 15.4. The number of hydrogen-bond donors (Lipinski definition) is 2. The van der Waals surface area contributed by atoms with E-state index in [1.807, 2.05) is 41.3 Å². The Balaban J connectivity index is 1.28. The molecule has 0 atom stereocenters. The van der Waals surface area contributed by atoms with Crippen LogP contribution in [0.15, 0.2) is 48.5 Å². The number of nitrogens with zero attached hydrogens (tertiary/aromatic N) is 1. The number of urea groups is 1. The van der Waals surface area contributed by atoms with Gasteiger partial charge in [0.25, 0.3) is 0 Å². The van der Waals surface area contributed by atoms with E-state index in [0.717, 1.165) is 50.0 Å². The molecule has 0 unspecified atom stereocenters. The van der Waals surface area contributed by atoms with Gasteiger partial charge in [0.1, 0.15) is 0 Å². The quantitative estimate of drug-likeness (QED) is 0.768. The number of hydrogen-bond acceptors (Lipinski definition) is 2. The van der Waals surface area contributed by atoms with Crippen LogP contribution in [0.3, 0.4) is 0 Å². The number of aryl methyl sites for hydroxylation is 1. The summed E-state index contributed by atoms with van der Waals surface area (Å²) in [5.41, 5.74) is 4.13.